The molecule has 2 aromatic carbocycles. The first-order valence-electron chi connectivity index (χ1n) is 11.4. The molecule has 2 aromatic rings. The standard InChI is InChI=1S/C27H40O2/c1-7-8-9-10-11-16-27(6,21-12-14-25(28)23(17-21)19(2)3)22-13-15-26(29)24(18-22)20(4)5/h12-15,17-20,28-29H,7-11,16H2,1-6H3. The Kier molecular flexibility index (Phi) is 8.19. The van der Waals surface area contributed by atoms with Crippen LogP contribution in [0.25, 0.3) is 0 Å². The maximum absolute atomic E-state index is 10.3. The fraction of sp³-hybridized carbons (Fsp3) is 0.556. The predicted octanol–water partition coefficient (Wildman–Crippen LogP) is 8.01. The summed E-state index contributed by atoms with van der Waals surface area (Å²) >= 11 is 0. The van der Waals surface area contributed by atoms with Crippen molar-refractivity contribution in [3.05, 3.63) is 58.7 Å². The average molecular weight is 397 g/mol. The minimum absolute atomic E-state index is 0.152. The van der Waals surface area contributed by atoms with Gasteiger partial charge in [0, 0.05) is 5.41 Å². The first kappa shape index (κ1) is 23.3. The molecule has 2 nitrogen and oxygen atoms in total. The monoisotopic (exact) mass is 396 g/mol. The first-order chi connectivity index (χ1) is 13.7. The summed E-state index contributed by atoms with van der Waals surface area (Å²) in [6, 6.07) is 12.2. The van der Waals surface area contributed by atoms with E-state index in [0.717, 1.165) is 17.5 Å². The number of hydrogen-bond acceptors (Lipinski definition) is 2. The second-order valence-electron chi connectivity index (χ2n) is 9.35. The van der Waals surface area contributed by atoms with E-state index in [9.17, 15) is 10.2 Å². The van der Waals surface area contributed by atoms with Gasteiger partial charge in [0.1, 0.15) is 11.5 Å². The van der Waals surface area contributed by atoms with E-state index < -0.39 is 0 Å². The highest BCUT2D eigenvalue weighted by molar-refractivity contribution is 5.48. The zero-order chi connectivity index (χ0) is 21.6. The summed E-state index contributed by atoms with van der Waals surface area (Å²) in [4.78, 5) is 0. The number of hydrogen-bond donors (Lipinski definition) is 2. The molecule has 0 saturated carbocycles. The lowest BCUT2D eigenvalue weighted by atomic mass is 9.71. The van der Waals surface area contributed by atoms with Crippen LogP contribution in [0.5, 0.6) is 11.5 Å². The van der Waals surface area contributed by atoms with E-state index in [-0.39, 0.29) is 17.3 Å². The lowest BCUT2D eigenvalue weighted by molar-refractivity contribution is 0.452. The zero-order valence-corrected chi connectivity index (χ0v) is 19.3. The molecule has 0 saturated heterocycles. The Morgan fingerprint density at radius 2 is 1.17 bits per heavy atom. The van der Waals surface area contributed by atoms with Crippen molar-refractivity contribution in [1.82, 2.24) is 0 Å². The molecule has 0 unspecified atom stereocenters. The van der Waals surface area contributed by atoms with Gasteiger partial charge in [-0.25, -0.2) is 0 Å². The van der Waals surface area contributed by atoms with E-state index >= 15 is 0 Å². The van der Waals surface area contributed by atoms with Crippen molar-refractivity contribution in [3.63, 3.8) is 0 Å². The molecule has 0 radical (unpaired) electrons. The third kappa shape index (κ3) is 5.56. The highest BCUT2D eigenvalue weighted by atomic mass is 16.3. The molecule has 0 heterocycles. The number of rotatable bonds is 10. The third-order valence-corrected chi connectivity index (χ3v) is 6.35. The summed E-state index contributed by atoms with van der Waals surface area (Å²) in [5.74, 6) is 1.30. The van der Waals surface area contributed by atoms with E-state index in [1.54, 1.807) is 0 Å². The lowest BCUT2D eigenvalue weighted by Gasteiger charge is -2.33. The number of aromatic hydroxyl groups is 2. The molecule has 0 aliphatic carbocycles. The smallest absolute Gasteiger partial charge is 0.119 e. The SMILES string of the molecule is CCCCCCCC(C)(c1ccc(O)c(C(C)C)c1)c1ccc(O)c(C(C)C)c1. The predicted molar refractivity (Wildman–Crippen MR) is 124 cm³/mol. The molecule has 0 amide bonds. The fourth-order valence-corrected chi connectivity index (χ4v) is 4.26. The quantitative estimate of drug-likeness (QED) is 0.399. The number of unbranched alkanes of at least 4 members (excludes halogenated alkanes) is 4. The van der Waals surface area contributed by atoms with Crippen molar-refractivity contribution in [2.45, 2.75) is 97.3 Å². The van der Waals surface area contributed by atoms with Crippen molar-refractivity contribution in [2.24, 2.45) is 0 Å². The molecule has 0 aliphatic heterocycles. The summed E-state index contributed by atoms with van der Waals surface area (Å²) in [5.41, 5.74) is 4.34. The number of phenolic OH excluding ortho intramolecular Hbond substituents is 2. The molecule has 2 rings (SSSR count). The van der Waals surface area contributed by atoms with Crippen molar-refractivity contribution in [2.75, 3.05) is 0 Å². The second kappa shape index (κ2) is 10.2. The topological polar surface area (TPSA) is 40.5 Å². The van der Waals surface area contributed by atoms with Gasteiger partial charge in [0.25, 0.3) is 0 Å². The van der Waals surface area contributed by atoms with Crippen LogP contribution in [0.3, 0.4) is 0 Å². The summed E-state index contributed by atoms with van der Waals surface area (Å²) in [5, 5.41) is 20.7. The van der Waals surface area contributed by atoms with Gasteiger partial charge in [0.15, 0.2) is 0 Å². The Balaban J connectivity index is 2.49. The van der Waals surface area contributed by atoms with Crippen LogP contribution in [-0.4, -0.2) is 10.2 Å². The van der Waals surface area contributed by atoms with E-state index in [2.05, 4.69) is 65.8 Å². The normalized spacial score (nSPS) is 12.1. The van der Waals surface area contributed by atoms with Crippen molar-refractivity contribution >= 4 is 0 Å². The molecule has 0 aliphatic rings. The Labute approximate surface area is 178 Å². The molecule has 0 aromatic heterocycles. The van der Waals surface area contributed by atoms with Crippen molar-refractivity contribution in [1.29, 1.82) is 0 Å². The molecule has 2 N–H and O–H groups in total. The summed E-state index contributed by atoms with van der Waals surface area (Å²) in [7, 11) is 0. The van der Waals surface area contributed by atoms with E-state index in [1.165, 1.54) is 43.2 Å². The summed E-state index contributed by atoms with van der Waals surface area (Å²) < 4.78 is 0. The highest BCUT2D eigenvalue weighted by Gasteiger charge is 2.30. The highest BCUT2D eigenvalue weighted by Crippen LogP contribution is 2.42. The maximum Gasteiger partial charge on any atom is 0.119 e. The summed E-state index contributed by atoms with van der Waals surface area (Å²) in [6.45, 7) is 13.1. The Morgan fingerprint density at radius 1 is 0.724 bits per heavy atom. The van der Waals surface area contributed by atoms with E-state index in [0.29, 0.717) is 11.5 Å². The molecule has 0 bridgehead atoms. The molecular formula is C27H40O2. The van der Waals surface area contributed by atoms with Crippen LogP contribution >= 0.6 is 0 Å². The van der Waals surface area contributed by atoms with Gasteiger partial charge in [-0.15, -0.1) is 0 Å². The van der Waals surface area contributed by atoms with Gasteiger partial charge in [-0.05, 0) is 52.6 Å². The van der Waals surface area contributed by atoms with E-state index in [4.69, 9.17) is 0 Å². The van der Waals surface area contributed by atoms with Gasteiger partial charge in [-0.1, -0.05) is 97.9 Å². The lowest BCUT2D eigenvalue weighted by Crippen LogP contribution is -2.24. The number of benzene rings is 2. The van der Waals surface area contributed by atoms with Gasteiger partial charge in [0.05, 0.1) is 0 Å². The minimum Gasteiger partial charge on any atom is -0.508 e. The second-order valence-corrected chi connectivity index (χ2v) is 9.35. The third-order valence-electron chi connectivity index (χ3n) is 6.35. The van der Waals surface area contributed by atoms with Gasteiger partial charge in [-0.3, -0.25) is 0 Å². The largest absolute Gasteiger partial charge is 0.508 e. The molecule has 29 heavy (non-hydrogen) atoms. The fourth-order valence-electron chi connectivity index (χ4n) is 4.26. The minimum atomic E-state index is -0.152. The molecule has 0 atom stereocenters. The van der Waals surface area contributed by atoms with Crippen LogP contribution in [0.15, 0.2) is 36.4 Å². The Morgan fingerprint density at radius 3 is 1.59 bits per heavy atom. The molecule has 0 spiro atoms. The molecular weight excluding hydrogens is 356 g/mol. The molecule has 160 valence electrons. The Hall–Kier alpha value is -1.96. The van der Waals surface area contributed by atoms with Crippen LogP contribution in [0, 0.1) is 0 Å². The van der Waals surface area contributed by atoms with Gasteiger partial charge >= 0.3 is 0 Å². The van der Waals surface area contributed by atoms with Crippen LogP contribution in [0.2, 0.25) is 0 Å². The average Bonchev–Trinajstić information content (AvgIpc) is 2.67. The molecule has 0 fully saturated rings. The van der Waals surface area contributed by atoms with Crippen LogP contribution < -0.4 is 0 Å². The maximum atomic E-state index is 10.3. The van der Waals surface area contributed by atoms with Gasteiger partial charge in [0.2, 0.25) is 0 Å². The van der Waals surface area contributed by atoms with Crippen LogP contribution in [0.1, 0.15) is 114 Å². The number of phenols is 2. The first-order valence-corrected chi connectivity index (χ1v) is 11.4. The molecule has 2 heteroatoms. The van der Waals surface area contributed by atoms with Crippen molar-refractivity contribution in [3.8, 4) is 11.5 Å². The Bertz CT molecular complexity index is 732. The summed E-state index contributed by atoms with van der Waals surface area (Å²) in [6.07, 6.45) is 7.31. The van der Waals surface area contributed by atoms with Gasteiger partial charge in [-0.2, -0.15) is 0 Å². The zero-order valence-electron chi connectivity index (χ0n) is 19.3. The van der Waals surface area contributed by atoms with Crippen LogP contribution in [-0.2, 0) is 5.41 Å². The van der Waals surface area contributed by atoms with Gasteiger partial charge < -0.3 is 10.2 Å². The van der Waals surface area contributed by atoms with E-state index in [1.807, 2.05) is 12.1 Å². The van der Waals surface area contributed by atoms with Crippen molar-refractivity contribution < 1.29 is 10.2 Å². The van der Waals surface area contributed by atoms with Crippen LogP contribution in [0.4, 0.5) is 0 Å².